The van der Waals surface area contributed by atoms with Gasteiger partial charge >= 0.3 is 0 Å². The monoisotopic (exact) mass is 525 g/mol. The molecule has 3 rings (SSSR count). The van der Waals surface area contributed by atoms with E-state index in [0.29, 0.717) is 12.3 Å². The molecule has 1 aromatic carbocycles. The summed E-state index contributed by atoms with van der Waals surface area (Å²) in [7, 11) is 0. The second-order valence-corrected chi connectivity index (χ2v) is 7.28. The fourth-order valence-corrected chi connectivity index (χ4v) is 3.40. The molecule has 1 fully saturated rings. The normalized spacial score (nSPS) is 14.4. The summed E-state index contributed by atoms with van der Waals surface area (Å²) in [5, 5.41) is 21.7. The van der Waals surface area contributed by atoms with E-state index in [4.69, 9.17) is 4.99 Å². The molecule has 0 bridgehead atoms. The lowest BCUT2D eigenvalue weighted by Gasteiger charge is -2.38. The molecule has 0 unspecified atom stereocenters. The van der Waals surface area contributed by atoms with Gasteiger partial charge in [0.1, 0.15) is 17.9 Å². The van der Waals surface area contributed by atoms with Crippen molar-refractivity contribution in [2.75, 3.05) is 44.2 Å². The van der Waals surface area contributed by atoms with Crippen LogP contribution < -0.4 is 10.2 Å². The van der Waals surface area contributed by atoms with Crippen molar-refractivity contribution < 1.29 is 5.11 Å². The number of hydrogen-bond acceptors (Lipinski definition) is 5. The molecule has 0 aliphatic carbocycles. The number of aromatic hydroxyl groups is 1. The third kappa shape index (κ3) is 6.35. The Labute approximate surface area is 195 Å². The van der Waals surface area contributed by atoms with Gasteiger partial charge < -0.3 is 24.8 Å². The Morgan fingerprint density at radius 3 is 2.63 bits per heavy atom. The maximum absolute atomic E-state index is 10.1. The quantitative estimate of drug-likeness (QED) is 0.250. The lowest BCUT2D eigenvalue weighted by atomic mass is 10.2. The van der Waals surface area contributed by atoms with Crippen LogP contribution in [0.25, 0.3) is 0 Å². The summed E-state index contributed by atoms with van der Waals surface area (Å²) in [6.07, 6.45) is 2.64. The van der Waals surface area contributed by atoms with Gasteiger partial charge in [0, 0.05) is 45.7 Å². The number of aliphatic imine (C=N–C) groups is 1. The molecule has 1 aliphatic heterocycles. The SMILES string of the molecule is C=C(C)CN=C(NCCn1cnnc1CC)N1CCN(c2ccccc2O)CC1.I. The number of para-hydroxylation sites is 2. The van der Waals surface area contributed by atoms with Gasteiger partial charge in [-0.3, -0.25) is 0 Å². The highest BCUT2D eigenvalue weighted by Crippen LogP contribution is 2.27. The molecule has 8 nitrogen and oxygen atoms in total. The minimum atomic E-state index is 0. The third-order valence-electron chi connectivity index (χ3n) is 4.95. The van der Waals surface area contributed by atoms with Crippen LogP contribution in [0.5, 0.6) is 5.75 Å². The van der Waals surface area contributed by atoms with E-state index < -0.39 is 0 Å². The molecule has 1 saturated heterocycles. The van der Waals surface area contributed by atoms with E-state index in [1.165, 1.54) is 0 Å². The molecule has 9 heteroatoms. The second-order valence-electron chi connectivity index (χ2n) is 7.28. The number of phenolic OH excluding ortho intramolecular Hbond substituents is 1. The van der Waals surface area contributed by atoms with Crippen molar-refractivity contribution in [3.63, 3.8) is 0 Å². The summed E-state index contributed by atoms with van der Waals surface area (Å²) in [6.45, 7) is 13.5. The van der Waals surface area contributed by atoms with E-state index in [1.807, 2.05) is 25.1 Å². The maximum Gasteiger partial charge on any atom is 0.194 e. The van der Waals surface area contributed by atoms with Gasteiger partial charge in [-0.05, 0) is 19.1 Å². The molecule has 0 saturated carbocycles. The van der Waals surface area contributed by atoms with Gasteiger partial charge in [0.25, 0.3) is 0 Å². The molecule has 1 aromatic heterocycles. The first-order valence-corrected chi connectivity index (χ1v) is 10.2. The predicted octanol–water partition coefficient (Wildman–Crippen LogP) is 2.51. The van der Waals surface area contributed by atoms with Crippen molar-refractivity contribution in [1.29, 1.82) is 0 Å². The summed E-state index contributed by atoms with van der Waals surface area (Å²) in [5.74, 6) is 2.22. The first-order chi connectivity index (χ1) is 14.1. The molecule has 30 heavy (non-hydrogen) atoms. The van der Waals surface area contributed by atoms with Gasteiger partial charge in [-0.25, -0.2) is 4.99 Å². The van der Waals surface area contributed by atoms with E-state index in [2.05, 4.69) is 43.4 Å². The van der Waals surface area contributed by atoms with E-state index in [-0.39, 0.29) is 24.0 Å². The number of rotatable bonds is 7. The van der Waals surface area contributed by atoms with E-state index in [0.717, 1.165) is 68.7 Å². The number of nitrogens with zero attached hydrogens (tertiary/aromatic N) is 6. The van der Waals surface area contributed by atoms with Gasteiger partial charge in [-0.1, -0.05) is 31.2 Å². The van der Waals surface area contributed by atoms with Crippen LogP contribution in [0.15, 0.2) is 47.7 Å². The highest BCUT2D eigenvalue weighted by Gasteiger charge is 2.21. The van der Waals surface area contributed by atoms with Gasteiger partial charge in [0.15, 0.2) is 5.96 Å². The standard InChI is InChI=1S/C21H31N7O.HI/c1-4-20-25-24-16-28(20)10-9-22-21(23-15-17(2)3)27-13-11-26(12-14-27)18-7-5-6-8-19(18)29;/h5-8,16,29H,2,4,9-15H2,1,3H3,(H,22,23);1H. The minimum Gasteiger partial charge on any atom is -0.506 e. The molecule has 0 spiro atoms. The minimum absolute atomic E-state index is 0. The fraction of sp³-hybridized carbons (Fsp3) is 0.476. The first-order valence-electron chi connectivity index (χ1n) is 10.2. The van der Waals surface area contributed by atoms with Crippen molar-refractivity contribution >= 4 is 35.6 Å². The number of halogens is 1. The number of phenols is 1. The molecule has 0 amide bonds. The van der Waals surface area contributed by atoms with Crippen molar-refractivity contribution in [1.82, 2.24) is 25.0 Å². The molecular weight excluding hydrogens is 493 g/mol. The summed E-state index contributed by atoms with van der Waals surface area (Å²) in [5.41, 5.74) is 1.92. The van der Waals surface area contributed by atoms with Crippen molar-refractivity contribution in [2.24, 2.45) is 4.99 Å². The zero-order valence-electron chi connectivity index (χ0n) is 17.8. The average molecular weight is 525 g/mol. The van der Waals surface area contributed by atoms with Gasteiger partial charge in [0.05, 0.1) is 12.2 Å². The van der Waals surface area contributed by atoms with Crippen LogP contribution in [-0.2, 0) is 13.0 Å². The van der Waals surface area contributed by atoms with Crippen LogP contribution in [0.2, 0.25) is 0 Å². The number of hydrogen-bond donors (Lipinski definition) is 2. The third-order valence-corrected chi connectivity index (χ3v) is 4.95. The fourth-order valence-electron chi connectivity index (χ4n) is 3.40. The topological polar surface area (TPSA) is 81.8 Å². The van der Waals surface area contributed by atoms with E-state index in [1.54, 1.807) is 12.4 Å². The largest absolute Gasteiger partial charge is 0.506 e. The summed E-state index contributed by atoms with van der Waals surface area (Å²) in [4.78, 5) is 9.23. The Balaban J connectivity index is 0.00000320. The highest BCUT2D eigenvalue weighted by molar-refractivity contribution is 14.0. The zero-order valence-corrected chi connectivity index (χ0v) is 20.1. The van der Waals surface area contributed by atoms with Crippen molar-refractivity contribution in [3.05, 3.63) is 48.6 Å². The molecular formula is C21H32IN7O. The van der Waals surface area contributed by atoms with Gasteiger partial charge in [-0.2, -0.15) is 0 Å². The number of aromatic nitrogens is 3. The summed E-state index contributed by atoms with van der Waals surface area (Å²) in [6, 6.07) is 7.50. The first kappa shape index (κ1) is 24.0. The maximum atomic E-state index is 10.1. The van der Waals surface area contributed by atoms with Gasteiger partial charge in [0.2, 0.25) is 0 Å². The predicted molar refractivity (Wildman–Crippen MR) is 132 cm³/mol. The van der Waals surface area contributed by atoms with Gasteiger partial charge in [-0.15, -0.1) is 34.2 Å². The van der Waals surface area contributed by atoms with Crippen LogP contribution in [0, 0.1) is 0 Å². The Bertz CT molecular complexity index is 843. The second kappa shape index (κ2) is 11.8. The average Bonchev–Trinajstić information content (AvgIpc) is 3.18. The Morgan fingerprint density at radius 1 is 1.23 bits per heavy atom. The smallest absolute Gasteiger partial charge is 0.194 e. The van der Waals surface area contributed by atoms with Crippen LogP contribution >= 0.6 is 24.0 Å². The number of benzene rings is 1. The molecule has 1 aliphatic rings. The lowest BCUT2D eigenvalue weighted by Crippen LogP contribution is -2.53. The van der Waals surface area contributed by atoms with Crippen molar-refractivity contribution in [3.8, 4) is 5.75 Å². The molecule has 2 aromatic rings. The van der Waals surface area contributed by atoms with E-state index >= 15 is 0 Å². The highest BCUT2D eigenvalue weighted by atomic mass is 127. The summed E-state index contributed by atoms with van der Waals surface area (Å²) >= 11 is 0. The van der Waals surface area contributed by atoms with E-state index in [9.17, 15) is 5.11 Å². The molecule has 2 N–H and O–H groups in total. The van der Waals surface area contributed by atoms with Crippen LogP contribution in [0.1, 0.15) is 19.7 Å². The zero-order chi connectivity index (χ0) is 20.6. The number of piperazine rings is 1. The summed E-state index contributed by atoms with van der Waals surface area (Å²) < 4.78 is 2.07. The Hall–Kier alpha value is -2.30. The van der Waals surface area contributed by atoms with Crippen LogP contribution in [0.4, 0.5) is 5.69 Å². The number of anilines is 1. The molecule has 0 radical (unpaired) electrons. The Kier molecular flexibility index (Phi) is 9.41. The van der Waals surface area contributed by atoms with Crippen molar-refractivity contribution in [2.45, 2.75) is 26.8 Å². The number of nitrogens with one attached hydrogen (secondary N) is 1. The molecule has 2 heterocycles. The van der Waals surface area contributed by atoms with Crippen LogP contribution in [-0.4, -0.2) is 70.0 Å². The molecule has 164 valence electrons. The van der Waals surface area contributed by atoms with Crippen LogP contribution in [0.3, 0.4) is 0 Å². The molecule has 0 atom stereocenters. The Morgan fingerprint density at radius 2 is 1.97 bits per heavy atom. The lowest BCUT2D eigenvalue weighted by molar-refractivity contribution is 0.368. The number of aryl methyl sites for hydroxylation is 1. The number of guanidine groups is 1.